The van der Waals surface area contributed by atoms with Crippen molar-refractivity contribution in [2.75, 3.05) is 26.3 Å². The summed E-state index contributed by atoms with van der Waals surface area (Å²) in [5, 5.41) is 0. The second kappa shape index (κ2) is 18.9. The van der Waals surface area contributed by atoms with Gasteiger partial charge in [0, 0.05) is 12.3 Å². The Labute approximate surface area is 304 Å². The minimum absolute atomic E-state index is 0.131. The van der Waals surface area contributed by atoms with E-state index in [2.05, 4.69) is 86.6 Å². The molecule has 1 aliphatic heterocycles. The van der Waals surface area contributed by atoms with Crippen LogP contribution in [-0.4, -0.2) is 55.1 Å². The fourth-order valence-electron chi connectivity index (χ4n) is 6.24. The number of nitrogens with zero attached hydrogens (tertiary/aromatic N) is 1. The standard InChI is InChI=1S/C44H55NO6/c1-6-33-14-18-36(19-15-33)31-49-40-28-45(43(46)51-44(3,4)5)29-41(50-32-37-20-16-34(7-2)17-21-37)42(40)38-22-24-39(25-23-38)48-27-11-26-47-30-35-12-9-8-10-13-35/h8-10,12-25,40-42H,6-7,11,26-32H2,1-5H3/t40-,41+,42?. The Bertz CT molecular complexity index is 1540. The maximum absolute atomic E-state index is 13.5. The van der Waals surface area contributed by atoms with Crippen molar-refractivity contribution in [3.05, 3.63) is 137 Å². The van der Waals surface area contributed by atoms with Crippen molar-refractivity contribution in [3.63, 3.8) is 0 Å². The van der Waals surface area contributed by atoms with Crippen molar-refractivity contribution in [2.45, 2.75) is 97.4 Å². The normalized spacial score (nSPS) is 17.7. The minimum atomic E-state index is -0.619. The van der Waals surface area contributed by atoms with Crippen LogP contribution >= 0.6 is 0 Å². The Hall–Kier alpha value is -4.17. The molecule has 1 heterocycles. The quantitative estimate of drug-likeness (QED) is 0.109. The van der Waals surface area contributed by atoms with E-state index >= 15 is 0 Å². The molecule has 5 rings (SSSR count). The second-order valence-electron chi connectivity index (χ2n) is 14.3. The van der Waals surface area contributed by atoms with Gasteiger partial charge in [0.1, 0.15) is 11.4 Å². The molecule has 272 valence electrons. The summed E-state index contributed by atoms with van der Waals surface area (Å²) < 4.78 is 31.2. The van der Waals surface area contributed by atoms with Crippen LogP contribution in [0.5, 0.6) is 5.75 Å². The van der Waals surface area contributed by atoms with E-state index in [4.69, 9.17) is 23.7 Å². The van der Waals surface area contributed by atoms with Crippen molar-refractivity contribution in [3.8, 4) is 5.75 Å². The van der Waals surface area contributed by atoms with Crippen LogP contribution in [0.25, 0.3) is 0 Å². The number of carbonyl (C=O) groups is 1. The van der Waals surface area contributed by atoms with Crippen molar-refractivity contribution in [1.29, 1.82) is 0 Å². The molecule has 0 radical (unpaired) electrons. The Balaban J connectivity index is 1.31. The van der Waals surface area contributed by atoms with E-state index in [0.717, 1.165) is 41.7 Å². The van der Waals surface area contributed by atoms with Crippen LogP contribution in [0.2, 0.25) is 0 Å². The molecule has 1 unspecified atom stereocenters. The summed E-state index contributed by atoms with van der Waals surface area (Å²) in [6.07, 6.45) is 1.73. The number of hydrogen-bond donors (Lipinski definition) is 0. The van der Waals surface area contributed by atoms with Crippen LogP contribution in [0.4, 0.5) is 4.79 Å². The number of piperidine rings is 1. The first-order valence-corrected chi connectivity index (χ1v) is 18.4. The lowest BCUT2D eigenvalue weighted by Gasteiger charge is -2.43. The van der Waals surface area contributed by atoms with E-state index in [-0.39, 0.29) is 24.2 Å². The van der Waals surface area contributed by atoms with E-state index in [1.54, 1.807) is 4.90 Å². The lowest BCUT2D eigenvalue weighted by atomic mass is 9.84. The van der Waals surface area contributed by atoms with Gasteiger partial charge >= 0.3 is 6.09 Å². The van der Waals surface area contributed by atoms with Gasteiger partial charge in [0.2, 0.25) is 0 Å². The highest BCUT2D eigenvalue weighted by Gasteiger charge is 2.42. The molecule has 4 aromatic carbocycles. The third kappa shape index (κ3) is 12.0. The lowest BCUT2D eigenvalue weighted by Crippen LogP contribution is -2.55. The molecule has 1 amide bonds. The molecule has 0 N–H and O–H groups in total. The number of ether oxygens (including phenoxy) is 5. The smallest absolute Gasteiger partial charge is 0.410 e. The molecule has 7 heteroatoms. The van der Waals surface area contributed by atoms with Gasteiger partial charge in [-0.2, -0.15) is 0 Å². The highest BCUT2D eigenvalue weighted by atomic mass is 16.6. The number of benzene rings is 4. The number of hydrogen-bond acceptors (Lipinski definition) is 6. The van der Waals surface area contributed by atoms with Gasteiger partial charge in [-0.25, -0.2) is 4.79 Å². The summed E-state index contributed by atoms with van der Waals surface area (Å²) in [6.45, 7) is 13.4. The number of aryl methyl sites for hydroxylation is 2. The SMILES string of the molecule is CCc1ccc(CO[C@H]2CN(C(=O)OC(C)(C)C)C[C@@H](OCc3ccc(CC)cc3)C2c2ccc(OCCCOCc3ccccc3)cc2)cc1. The van der Waals surface area contributed by atoms with Gasteiger partial charge in [-0.1, -0.05) is 105 Å². The molecule has 0 saturated carbocycles. The molecule has 0 aromatic heterocycles. The molecule has 1 saturated heterocycles. The first kappa shape index (κ1) is 38.1. The number of likely N-dealkylation sites (tertiary alicyclic amines) is 1. The monoisotopic (exact) mass is 693 g/mol. The minimum Gasteiger partial charge on any atom is -0.494 e. The molecule has 1 aliphatic rings. The average molecular weight is 694 g/mol. The third-order valence-electron chi connectivity index (χ3n) is 9.12. The molecular formula is C44H55NO6. The summed E-state index contributed by atoms with van der Waals surface area (Å²) in [4.78, 5) is 15.2. The van der Waals surface area contributed by atoms with Crippen LogP contribution in [-0.2, 0) is 51.6 Å². The fraction of sp³-hybridized carbons (Fsp3) is 0.432. The Morgan fingerprint density at radius 1 is 0.647 bits per heavy atom. The molecule has 1 fully saturated rings. The van der Waals surface area contributed by atoms with Crippen molar-refractivity contribution in [2.24, 2.45) is 0 Å². The van der Waals surface area contributed by atoms with E-state index in [1.165, 1.54) is 16.7 Å². The summed E-state index contributed by atoms with van der Waals surface area (Å²) in [5.74, 6) is 0.670. The van der Waals surface area contributed by atoms with Crippen LogP contribution in [0, 0.1) is 0 Å². The molecular weight excluding hydrogens is 638 g/mol. The van der Waals surface area contributed by atoms with Gasteiger partial charge < -0.3 is 28.6 Å². The van der Waals surface area contributed by atoms with Crippen LogP contribution in [0.15, 0.2) is 103 Å². The molecule has 0 spiro atoms. The summed E-state index contributed by atoms with van der Waals surface area (Å²) in [6, 6.07) is 35.5. The van der Waals surface area contributed by atoms with Crippen LogP contribution < -0.4 is 4.74 Å². The predicted molar refractivity (Wildman–Crippen MR) is 202 cm³/mol. The molecule has 0 aliphatic carbocycles. The zero-order chi connectivity index (χ0) is 36.1. The molecule has 7 nitrogen and oxygen atoms in total. The van der Waals surface area contributed by atoms with Crippen molar-refractivity contribution < 1.29 is 28.5 Å². The van der Waals surface area contributed by atoms with Gasteiger partial charge in [-0.05, 0) is 79.1 Å². The topological polar surface area (TPSA) is 66.5 Å². The van der Waals surface area contributed by atoms with Gasteiger partial charge in [0.15, 0.2) is 0 Å². The highest BCUT2D eigenvalue weighted by molar-refractivity contribution is 5.68. The Kier molecular flexibility index (Phi) is 14.1. The summed E-state index contributed by atoms with van der Waals surface area (Å²) in [5.41, 5.74) is 6.37. The number of amides is 1. The summed E-state index contributed by atoms with van der Waals surface area (Å²) in [7, 11) is 0. The third-order valence-corrected chi connectivity index (χ3v) is 9.12. The van der Waals surface area contributed by atoms with Gasteiger partial charge in [0.25, 0.3) is 0 Å². The van der Waals surface area contributed by atoms with Crippen molar-refractivity contribution in [1.82, 2.24) is 4.90 Å². The van der Waals surface area contributed by atoms with Gasteiger partial charge in [-0.15, -0.1) is 0 Å². The van der Waals surface area contributed by atoms with Crippen molar-refractivity contribution >= 4 is 6.09 Å². The van der Waals surface area contributed by atoms with E-state index in [0.29, 0.717) is 46.1 Å². The molecule has 4 aromatic rings. The van der Waals surface area contributed by atoms with Crippen LogP contribution in [0.1, 0.15) is 80.3 Å². The molecule has 51 heavy (non-hydrogen) atoms. The zero-order valence-electron chi connectivity index (χ0n) is 31.0. The first-order valence-electron chi connectivity index (χ1n) is 18.4. The maximum atomic E-state index is 13.5. The molecule has 0 bridgehead atoms. The zero-order valence-corrected chi connectivity index (χ0v) is 31.0. The lowest BCUT2D eigenvalue weighted by molar-refractivity contribution is -0.100. The van der Waals surface area contributed by atoms with E-state index < -0.39 is 5.60 Å². The number of rotatable bonds is 16. The average Bonchev–Trinajstić information content (AvgIpc) is 3.14. The molecule has 3 atom stereocenters. The van der Waals surface area contributed by atoms with Gasteiger partial charge in [-0.3, -0.25) is 0 Å². The number of carbonyl (C=O) groups excluding carboxylic acids is 1. The van der Waals surface area contributed by atoms with E-state index in [9.17, 15) is 4.79 Å². The van der Waals surface area contributed by atoms with E-state index in [1.807, 2.05) is 51.1 Å². The van der Waals surface area contributed by atoms with Crippen LogP contribution in [0.3, 0.4) is 0 Å². The Morgan fingerprint density at radius 3 is 1.67 bits per heavy atom. The fourth-order valence-corrected chi connectivity index (χ4v) is 6.24. The highest BCUT2D eigenvalue weighted by Crippen LogP contribution is 2.35. The summed E-state index contributed by atoms with van der Waals surface area (Å²) >= 11 is 0. The first-order chi connectivity index (χ1) is 24.7. The second-order valence-corrected chi connectivity index (χ2v) is 14.3. The predicted octanol–water partition coefficient (Wildman–Crippen LogP) is 9.30. The maximum Gasteiger partial charge on any atom is 0.410 e. The largest absolute Gasteiger partial charge is 0.494 e. The van der Waals surface area contributed by atoms with Gasteiger partial charge in [0.05, 0.1) is 58.3 Å². The Morgan fingerprint density at radius 2 is 1.16 bits per heavy atom.